The van der Waals surface area contributed by atoms with Gasteiger partial charge in [0.1, 0.15) is 0 Å². The molecule has 0 aromatic heterocycles. The van der Waals surface area contributed by atoms with E-state index < -0.39 is 0 Å². The topological polar surface area (TPSA) is 38.8 Å². The maximum atomic E-state index is 12.7. The van der Waals surface area contributed by atoms with Crippen molar-refractivity contribution in [3.05, 3.63) is 51.1 Å². The first-order valence-electron chi connectivity index (χ1n) is 6.74. The van der Waals surface area contributed by atoms with E-state index in [1.807, 2.05) is 31.2 Å². The van der Waals surface area contributed by atoms with Crippen molar-refractivity contribution in [2.45, 2.75) is 6.92 Å². The van der Waals surface area contributed by atoms with Crippen LogP contribution in [0.2, 0.25) is 0 Å². The molecule has 0 N–H and O–H groups in total. The lowest BCUT2D eigenvalue weighted by atomic mass is 10.1. The highest BCUT2D eigenvalue weighted by atomic mass is 127. The van der Waals surface area contributed by atoms with Crippen molar-refractivity contribution in [1.29, 1.82) is 0 Å². The number of ether oxygens (including phenoxy) is 2. The fourth-order valence-corrected chi connectivity index (χ4v) is 2.75. The number of amides is 1. The molecule has 5 heteroatoms. The van der Waals surface area contributed by atoms with E-state index >= 15 is 0 Å². The van der Waals surface area contributed by atoms with E-state index in [4.69, 9.17) is 9.47 Å². The van der Waals surface area contributed by atoms with Crippen LogP contribution in [-0.4, -0.2) is 27.2 Å². The number of anilines is 1. The van der Waals surface area contributed by atoms with E-state index in [1.165, 1.54) is 0 Å². The third kappa shape index (κ3) is 3.35. The Morgan fingerprint density at radius 1 is 1.05 bits per heavy atom. The van der Waals surface area contributed by atoms with Crippen molar-refractivity contribution in [1.82, 2.24) is 0 Å². The van der Waals surface area contributed by atoms with Gasteiger partial charge in [0.25, 0.3) is 5.91 Å². The first-order valence-corrected chi connectivity index (χ1v) is 7.82. The number of hydrogen-bond acceptors (Lipinski definition) is 3. The molecule has 2 aromatic rings. The van der Waals surface area contributed by atoms with E-state index in [-0.39, 0.29) is 5.91 Å². The number of benzene rings is 2. The van der Waals surface area contributed by atoms with E-state index in [0.717, 1.165) is 14.8 Å². The summed E-state index contributed by atoms with van der Waals surface area (Å²) in [5.41, 5.74) is 2.59. The summed E-state index contributed by atoms with van der Waals surface area (Å²) in [5, 5.41) is 0. The maximum Gasteiger partial charge on any atom is 0.259 e. The zero-order valence-corrected chi connectivity index (χ0v) is 15.2. The van der Waals surface area contributed by atoms with Crippen LogP contribution in [0.1, 0.15) is 15.9 Å². The summed E-state index contributed by atoms with van der Waals surface area (Å²) in [6.45, 7) is 2.02. The summed E-state index contributed by atoms with van der Waals surface area (Å²) in [6, 6.07) is 11.3. The van der Waals surface area contributed by atoms with Gasteiger partial charge in [-0.2, -0.15) is 0 Å². The highest BCUT2D eigenvalue weighted by Gasteiger charge is 2.19. The molecule has 0 radical (unpaired) electrons. The number of hydrogen-bond donors (Lipinski definition) is 0. The fourth-order valence-electron chi connectivity index (χ4n) is 2.08. The van der Waals surface area contributed by atoms with Crippen LogP contribution in [-0.2, 0) is 0 Å². The second kappa shape index (κ2) is 7.00. The second-order valence-electron chi connectivity index (χ2n) is 4.89. The quantitative estimate of drug-likeness (QED) is 0.717. The van der Waals surface area contributed by atoms with Crippen LogP contribution in [0, 0.1) is 10.5 Å². The summed E-state index contributed by atoms with van der Waals surface area (Å²) in [6.07, 6.45) is 0. The van der Waals surface area contributed by atoms with E-state index in [2.05, 4.69) is 22.6 Å². The van der Waals surface area contributed by atoms with E-state index in [1.54, 1.807) is 38.3 Å². The van der Waals surface area contributed by atoms with Crippen molar-refractivity contribution in [3.8, 4) is 11.5 Å². The van der Waals surface area contributed by atoms with E-state index in [9.17, 15) is 4.79 Å². The SMILES string of the molecule is COc1cc(I)c(C(=O)N(C)c2ccc(C)cc2)cc1OC. The standard InChI is InChI=1S/C17H18INO3/c1-11-5-7-12(8-6-11)19(2)17(20)13-9-15(21-3)16(22-4)10-14(13)18/h5-10H,1-4H3. The predicted octanol–water partition coefficient (Wildman–Crippen LogP) is 3.89. The third-order valence-electron chi connectivity index (χ3n) is 3.43. The maximum absolute atomic E-state index is 12.7. The minimum atomic E-state index is -0.0887. The number of carbonyl (C=O) groups excluding carboxylic acids is 1. The summed E-state index contributed by atoms with van der Waals surface area (Å²) in [4.78, 5) is 14.4. The minimum absolute atomic E-state index is 0.0887. The lowest BCUT2D eigenvalue weighted by molar-refractivity contribution is 0.0991. The first kappa shape index (κ1) is 16.6. The van der Waals surface area contributed by atoms with Gasteiger partial charge in [0.05, 0.1) is 19.8 Å². The van der Waals surface area contributed by atoms with Gasteiger partial charge in [-0.25, -0.2) is 0 Å². The molecule has 4 nitrogen and oxygen atoms in total. The van der Waals surface area contributed by atoms with Crippen molar-refractivity contribution >= 4 is 34.2 Å². The molecule has 0 bridgehead atoms. The molecule has 2 aromatic carbocycles. The van der Waals surface area contributed by atoms with Gasteiger partial charge in [-0.1, -0.05) is 17.7 Å². The monoisotopic (exact) mass is 411 g/mol. The van der Waals surface area contributed by atoms with Gasteiger partial charge in [0, 0.05) is 16.3 Å². The normalized spacial score (nSPS) is 10.2. The molecular formula is C17H18INO3. The molecule has 0 fully saturated rings. The Hall–Kier alpha value is -1.76. The van der Waals surface area contributed by atoms with Gasteiger partial charge >= 0.3 is 0 Å². The largest absolute Gasteiger partial charge is 0.493 e. The van der Waals surface area contributed by atoms with Gasteiger partial charge in [0.15, 0.2) is 11.5 Å². The zero-order valence-electron chi connectivity index (χ0n) is 13.0. The fraction of sp³-hybridized carbons (Fsp3) is 0.235. The average Bonchev–Trinajstić information content (AvgIpc) is 2.53. The molecule has 0 aliphatic rings. The molecule has 116 valence electrons. The Kier molecular flexibility index (Phi) is 5.28. The molecule has 2 rings (SSSR count). The summed E-state index contributed by atoms with van der Waals surface area (Å²) in [7, 11) is 4.90. The predicted molar refractivity (Wildman–Crippen MR) is 96.2 cm³/mol. The molecule has 0 saturated heterocycles. The smallest absolute Gasteiger partial charge is 0.259 e. The van der Waals surface area contributed by atoms with Crippen molar-refractivity contribution < 1.29 is 14.3 Å². The Morgan fingerprint density at radius 2 is 1.59 bits per heavy atom. The molecule has 22 heavy (non-hydrogen) atoms. The minimum Gasteiger partial charge on any atom is -0.493 e. The molecule has 0 heterocycles. The van der Waals surface area contributed by atoms with Crippen LogP contribution in [0.5, 0.6) is 11.5 Å². The molecular weight excluding hydrogens is 393 g/mol. The van der Waals surface area contributed by atoms with Gasteiger partial charge in [-0.3, -0.25) is 4.79 Å². The van der Waals surface area contributed by atoms with Gasteiger partial charge in [0.2, 0.25) is 0 Å². The van der Waals surface area contributed by atoms with Gasteiger partial charge in [-0.05, 0) is 53.8 Å². The molecule has 0 atom stereocenters. The van der Waals surface area contributed by atoms with Crippen molar-refractivity contribution in [2.24, 2.45) is 0 Å². The Bertz CT molecular complexity index is 683. The molecule has 0 aliphatic heterocycles. The number of aryl methyl sites for hydroxylation is 1. The number of methoxy groups -OCH3 is 2. The third-order valence-corrected chi connectivity index (χ3v) is 4.32. The highest BCUT2D eigenvalue weighted by molar-refractivity contribution is 14.1. The molecule has 0 saturated carbocycles. The number of rotatable bonds is 4. The van der Waals surface area contributed by atoms with Crippen LogP contribution >= 0.6 is 22.6 Å². The van der Waals surface area contributed by atoms with Crippen molar-refractivity contribution in [2.75, 3.05) is 26.2 Å². The van der Waals surface area contributed by atoms with Crippen LogP contribution in [0.4, 0.5) is 5.69 Å². The number of carbonyl (C=O) groups is 1. The number of nitrogens with zero attached hydrogens (tertiary/aromatic N) is 1. The summed E-state index contributed by atoms with van der Waals surface area (Å²) in [5.74, 6) is 1.07. The lowest BCUT2D eigenvalue weighted by Gasteiger charge is -2.19. The lowest BCUT2D eigenvalue weighted by Crippen LogP contribution is -2.27. The summed E-state index contributed by atoms with van der Waals surface area (Å²) < 4.78 is 11.4. The van der Waals surface area contributed by atoms with E-state index in [0.29, 0.717) is 17.1 Å². The van der Waals surface area contributed by atoms with Crippen LogP contribution in [0.25, 0.3) is 0 Å². The molecule has 0 aliphatic carbocycles. The highest BCUT2D eigenvalue weighted by Crippen LogP contribution is 2.32. The molecule has 0 unspecified atom stereocenters. The Morgan fingerprint density at radius 3 is 2.14 bits per heavy atom. The number of halogens is 1. The Balaban J connectivity index is 2.38. The summed E-state index contributed by atoms with van der Waals surface area (Å²) >= 11 is 2.13. The first-order chi connectivity index (χ1) is 10.5. The van der Waals surface area contributed by atoms with Gasteiger partial charge < -0.3 is 14.4 Å². The Labute approximate surface area is 144 Å². The van der Waals surface area contributed by atoms with Crippen LogP contribution < -0.4 is 14.4 Å². The second-order valence-corrected chi connectivity index (χ2v) is 6.05. The van der Waals surface area contributed by atoms with Crippen LogP contribution in [0.3, 0.4) is 0 Å². The molecule has 1 amide bonds. The van der Waals surface area contributed by atoms with Crippen LogP contribution in [0.15, 0.2) is 36.4 Å². The average molecular weight is 411 g/mol. The van der Waals surface area contributed by atoms with Crippen molar-refractivity contribution in [3.63, 3.8) is 0 Å². The molecule has 0 spiro atoms. The van der Waals surface area contributed by atoms with Gasteiger partial charge in [-0.15, -0.1) is 0 Å². The zero-order chi connectivity index (χ0) is 16.3.